The van der Waals surface area contributed by atoms with Gasteiger partial charge in [0.25, 0.3) is 0 Å². The van der Waals surface area contributed by atoms with Gasteiger partial charge in [0, 0.05) is 36.3 Å². The van der Waals surface area contributed by atoms with Crippen LogP contribution in [0.3, 0.4) is 0 Å². The van der Waals surface area contributed by atoms with Gasteiger partial charge >= 0.3 is 0 Å². The summed E-state index contributed by atoms with van der Waals surface area (Å²) in [7, 11) is 1.92. The number of fused-ring (bicyclic) bond motifs is 1. The van der Waals surface area contributed by atoms with E-state index in [4.69, 9.17) is 0 Å². The molecule has 1 aliphatic carbocycles. The van der Waals surface area contributed by atoms with Gasteiger partial charge in [0.05, 0.1) is 6.10 Å². The fourth-order valence-corrected chi connectivity index (χ4v) is 3.18. The molecule has 0 fully saturated rings. The first kappa shape index (κ1) is 12.5. The van der Waals surface area contributed by atoms with E-state index < -0.39 is 0 Å². The van der Waals surface area contributed by atoms with Gasteiger partial charge in [-0.3, -0.25) is 4.68 Å². The van der Waals surface area contributed by atoms with Crippen LogP contribution in [0.15, 0.2) is 18.3 Å². The van der Waals surface area contributed by atoms with E-state index in [9.17, 15) is 5.11 Å². The van der Waals surface area contributed by atoms with Gasteiger partial charge in [-0.1, -0.05) is 13.8 Å². The average molecular weight is 259 g/mol. The van der Waals surface area contributed by atoms with Crippen molar-refractivity contribution < 1.29 is 5.11 Å². The number of nitrogens with zero attached hydrogens (tertiary/aromatic N) is 3. The molecule has 0 amide bonds. The van der Waals surface area contributed by atoms with Crippen LogP contribution in [0, 0.1) is 12.3 Å². The van der Waals surface area contributed by atoms with Crippen LogP contribution in [0.4, 0.5) is 0 Å². The minimum Gasteiger partial charge on any atom is -0.388 e. The SMILES string of the molecule is Cc1cc2c(n1-c1ccn(C)n1)CC(C)(C)CC2O. The number of rotatable bonds is 1. The highest BCUT2D eigenvalue weighted by molar-refractivity contribution is 5.40. The summed E-state index contributed by atoms with van der Waals surface area (Å²) in [4.78, 5) is 0. The molecular formula is C15H21N3O. The second-order valence-electron chi connectivity index (χ2n) is 6.43. The van der Waals surface area contributed by atoms with Gasteiger partial charge in [0.15, 0.2) is 5.82 Å². The van der Waals surface area contributed by atoms with Crippen molar-refractivity contribution in [1.82, 2.24) is 14.3 Å². The van der Waals surface area contributed by atoms with Crippen LogP contribution in [-0.4, -0.2) is 19.5 Å². The van der Waals surface area contributed by atoms with Crippen LogP contribution >= 0.6 is 0 Å². The molecule has 0 bridgehead atoms. The lowest BCUT2D eigenvalue weighted by Crippen LogP contribution is -2.26. The molecule has 0 radical (unpaired) electrons. The Bertz CT molecular complexity index is 621. The maximum absolute atomic E-state index is 10.3. The summed E-state index contributed by atoms with van der Waals surface area (Å²) < 4.78 is 3.99. The highest BCUT2D eigenvalue weighted by Crippen LogP contribution is 2.42. The molecule has 1 N–H and O–H groups in total. The van der Waals surface area contributed by atoms with Gasteiger partial charge in [-0.25, -0.2) is 0 Å². The molecule has 0 spiro atoms. The zero-order chi connectivity index (χ0) is 13.8. The van der Waals surface area contributed by atoms with E-state index in [0.717, 1.165) is 29.9 Å². The van der Waals surface area contributed by atoms with Crippen molar-refractivity contribution in [3.8, 4) is 5.82 Å². The van der Waals surface area contributed by atoms with E-state index >= 15 is 0 Å². The van der Waals surface area contributed by atoms with Crippen molar-refractivity contribution in [2.24, 2.45) is 12.5 Å². The van der Waals surface area contributed by atoms with Gasteiger partial charge in [-0.15, -0.1) is 0 Å². The normalized spacial score (nSPS) is 21.4. The minimum absolute atomic E-state index is 0.129. The third kappa shape index (κ3) is 2.00. The molecule has 102 valence electrons. The van der Waals surface area contributed by atoms with Crippen molar-refractivity contribution in [2.45, 2.75) is 39.7 Å². The Hall–Kier alpha value is -1.55. The first-order chi connectivity index (χ1) is 8.87. The predicted octanol–water partition coefficient (Wildman–Crippen LogP) is 2.53. The fourth-order valence-electron chi connectivity index (χ4n) is 3.18. The topological polar surface area (TPSA) is 43.0 Å². The van der Waals surface area contributed by atoms with Crippen LogP contribution in [0.1, 0.15) is 43.3 Å². The molecule has 19 heavy (non-hydrogen) atoms. The first-order valence-electron chi connectivity index (χ1n) is 6.76. The zero-order valence-electron chi connectivity index (χ0n) is 12.0. The van der Waals surface area contributed by atoms with Crippen molar-refractivity contribution in [2.75, 3.05) is 0 Å². The van der Waals surface area contributed by atoms with E-state index in [1.54, 1.807) is 0 Å². The van der Waals surface area contributed by atoms with Gasteiger partial charge in [0.1, 0.15) is 0 Å². The molecule has 1 atom stereocenters. The van der Waals surface area contributed by atoms with Gasteiger partial charge in [-0.2, -0.15) is 5.10 Å². The Balaban J connectivity index is 2.17. The molecular weight excluding hydrogens is 238 g/mol. The maximum Gasteiger partial charge on any atom is 0.159 e. The van der Waals surface area contributed by atoms with Crippen LogP contribution in [-0.2, 0) is 13.5 Å². The van der Waals surface area contributed by atoms with E-state index in [2.05, 4.69) is 36.5 Å². The molecule has 0 saturated heterocycles. The lowest BCUT2D eigenvalue weighted by atomic mass is 9.75. The number of aliphatic hydroxyl groups is 1. The molecule has 4 heteroatoms. The smallest absolute Gasteiger partial charge is 0.159 e. The molecule has 3 rings (SSSR count). The molecule has 0 aromatic carbocycles. The summed E-state index contributed by atoms with van der Waals surface area (Å²) >= 11 is 0. The van der Waals surface area contributed by atoms with Crippen LogP contribution in [0.5, 0.6) is 0 Å². The van der Waals surface area contributed by atoms with E-state index in [1.165, 1.54) is 5.69 Å². The second-order valence-corrected chi connectivity index (χ2v) is 6.43. The Morgan fingerprint density at radius 1 is 1.42 bits per heavy atom. The van der Waals surface area contributed by atoms with Crippen LogP contribution < -0.4 is 0 Å². The van der Waals surface area contributed by atoms with E-state index in [0.29, 0.717) is 0 Å². The summed E-state index contributed by atoms with van der Waals surface area (Å²) in [6, 6.07) is 4.12. The van der Waals surface area contributed by atoms with E-state index in [-0.39, 0.29) is 11.5 Å². The van der Waals surface area contributed by atoms with Gasteiger partial charge < -0.3 is 9.67 Å². The quantitative estimate of drug-likeness (QED) is 0.855. The van der Waals surface area contributed by atoms with Crippen molar-refractivity contribution in [3.05, 3.63) is 35.3 Å². The Labute approximate surface area is 113 Å². The summed E-state index contributed by atoms with van der Waals surface area (Å²) in [6.45, 7) is 6.50. The Kier molecular flexibility index (Phi) is 2.61. The first-order valence-corrected chi connectivity index (χ1v) is 6.76. The highest BCUT2D eigenvalue weighted by atomic mass is 16.3. The molecule has 1 aliphatic rings. The third-order valence-corrected chi connectivity index (χ3v) is 4.00. The minimum atomic E-state index is -0.359. The summed E-state index contributed by atoms with van der Waals surface area (Å²) in [6.07, 6.45) is 3.39. The van der Waals surface area contributed by atoms with E-state index in [1.807, 2.05) is 24.0 Å². The summed E-state index contributed by atoms with van der Waals surface area (Å²) in [5.41, 5.74) is 3.55. The number of hydrogen-bond donors (Lipinski definition) is 1. The molecule has 0 aliphatic heterocycles. The summed E-state index contributed by atoms with van der Waals surface area (Å²) in [5, 5.41) is 14.8. The Morgan fingerprint density at radius 2 is 2.16 bits per heavy atom. The molecule has 0 saturated carbocycles. The molecule has 2 aromatic rings. The van der Waals surface area contributed by atoms with Crippen molar-refractivity contribution in [3.63, 3.8) is 0 Å². The predicted molar refractivity (Wildman–Crippen MR) is 74.3 cm³/mol. The molecule has 4 nitrogen and oxygen atoms in total. The molecule has 1 unspecified atom stereocenters. The fraction of sp³-hybridized carbons (Fsp3) is 0.533. The van der Waals surface area contributed by atoms with Crippen molar-refractivity contribution >= 4 is 0 Å². The second kappa shape index (κ2) is 3.97. The zero-order valence-corrected chi connectivity index (χ0v) is 12.0. The lowest BCUT2D eigenvalue weighted by molar-refractivity contribution is 0.0986. The van der Waals surface area contributed by atoms with Gasteiger partial charge in [-0.05, 0) is 31.2 Å². The lowest BCUT2D eigenvalue weighted by Gasteiger charge is -2.33. The standard InChI is InChI=1S/C15H21N3O/c1-10-7-11-12(8-15(2,3)9-13(11)19)18(10)14-5-6-17(4)16-14/h5-7,13,19H,8-9H2,1-4H3. The molecule has 2 aromatic heterocycles. The van der Waals surface area contributed by atoms with Crippen LogP contribution in [0.2, 0.25) is 0 Å². The third-order valence-electron chi connectivity index (χ3n) is 4.00. The van der Waals surface area contributed by atoms with Crippen LogP contribution in [0.25, 0.3) is 5.82 Å². The van der Waals surface area contributed by atoms with Gasteiger partial charge in [0.2, 0.25) is 0 Å². The number of hydrogen-bond acceptors (Lipinski definition) is 2. The Morgan fingerprint density at radius 3 is 2.79 bits per heavy atom. The highest BCUT2D eigenvalue weighted by Gasteiger charge is 2.34. The number of aromatic nitrogens is 3. The number of aliphatic hydroxyl groups excluding tert-OH is 1. The molecule has 2 heterocycles. The number of aryl methyl sites for hydroxylation is 2. The summed E-state index contributed by atoms with van der Waals surface area (Å²) in [5.74, 6) is 0.936. The maximum atomic E-state index is 10.3. The monoisotopic (exact) mass is 259 g/mol. The van der Waals surface area contributed by atoms with Crippen molar-refractivity contribution in [1.29, 1.82) is 0 Å². The average Bonchev–Trinajstić information content (AvgIpc) is 2.81. The largest absolute Gasteiger partial charge is 0.388 e.